The molecule has 202 valence electrons. The molecule has 2 heterocycles. The van der Waals surface area contributed by atoms with Crippen molar-refractivity contribution in [2.75, 3.05) is 0 Å². The molecule has 4 atom stereocenters. The third kappa shape index (κ3) is 6.02. The zero-order chi connectivity index (χ0) is 27.7. The summed E-state index contributed by atoms with van der Waals surface area (Å²) < 4.78 is 5.82. The Balaban J connectivity index is 1.91. The normalized spacial score (nSPS) is 22.8. The molecule has 38 heavy (non-hydrogen) atoms. The minimum Gasteiger partial charge on any atom is -0.458 e. The summed E-state index contributed by atoms with van der Waals surface area (Å²) >= 11 is 12.7. The molecule has 0 spiro atoms. The van der Waals surface area contributed by atoms with Crippen LogP contribution in [0.5, 0.6) is 0 Å². The number of hydrogen-bond acceptors (Lipinski definition) is 6. The Labute approximate surface area is 233 Å². The number of carbonyl (C=O) groups excluding carboxylic acids is 2. The van der Waals surface area contributed by atoms with Crippen molar-refractivity contribution in [3.63, 3.8) is 0 Å². The summed E-state index contributed by atoms with van der Waals surface area (Å²) in [5.74, 6) is -0.374. The van der Waals surface area contributed by atoms with Gasteiger partial charge in [-0.3, -0.25) is 4.79 Å². The van der Waals surface area contributed by atoms with Crippen molar-refractivity contribution in [3.05, 3.63) is 75.5 Å². The van der Waals surface area contributed by atoms with Gasteiger partial charge in [0, 0.05) is 22.4 Å². The molecule has 0 radical (unpaired) electrons. The summed E-state index contributed by atoms with van der Waals surface area (Å²) in [7, 11) is 0. The Morgan fingerprint density at radius 2 is 1.87 bits per heavy atom. The number of aromatic nitrogens is 4. The zero-order valence-electron chi connectivity index (χ0n) is 22.2. The van der Waals surface area contributed by atoms with Crippen LogP contribution in [-0.2, 0) is 20.7 Å². The first-order chi connectivity index (χ1) is 17.9. The van der Waals surface area contributed by atoms with Crippen molar-refractivity contribution >= 4 is 35.1 Å². The van der Waals surface area contributed by atoms with E-state index in [1.165, 1.54) is 0 Å². The Morgan fingerprint density at radius 1 is 1.16 bits per heavy atom. The molecule has 4 rings (SSSR count). The van der Waals surface area contributed by atoms with Crippen LogP contribution in [0, 0.1) is 5.41 Å². The summed E-state index contributed by atoms with van der Waals surface area (Å²) in [5.41, 5.74) is 0.207. The lowest BCUT2D eigenvalue weighted by Gasteiger charge is -2.51. The van der Waals surface area contributed by atoms with Crippen molar-refractivity contribution in [2.45, 2.75) is 77.5 Å². The summed E-state index contributed by atoms with van der Waals surface area (Å²) in [6, 6.07) is 13.8. The third-order valence-electron chi connectivity index (χ3n) is 6.93. The van der Waals surface area contributed by atoms with Gasteiger partial charge in [-0.1, -0.05) is 66.5 Å². The number of likely N-dealkylation sites (tertiary alicyclic amines) is 1. The molecule has 3 aromatic rings. The molecular weight excluding hydrogens is 525 g/mol. The monoisotopic (exact) mass is 557 g/mol. The molecule has 0 saturated carbocycles. The van der Waals surface area contributed by atoms with Gasteiger partial charge in [0.25, 0.3) is 0 Å². The van der Waals surface area contributed by atoms with E-state index < -0.39 is 29.1 Å². The number of tetrazole rings is 1. The van der Waals surface area contributed by atoms with Crippen LogP contribution in [0.15, 0.2) is 48.5 Å². The molecule has 8 nitrogen and oxygen atoms in total. The lowest BCUT2D eigenvalue weighted by Crippen LogP contribution is -2.58. The summed E-state index contributed by atoms with van der Waals surface area (Å²) in [4.78, 5) is 29.8. The highest BCUT2D eigenvalue weighted by Crippen LogP contribution is 2.52. The highest BCUT2D eigenvalue weighted by atomic mass is 35.5. The molecule has 1 saturated heterocycles. The molecule has 4 unspecified atom stereocenters. The predicted octanol–water partition coefficient (Wildman–Crippen LogP) is 5.93. The fourth-order valence-electron chi connectivity index (χ4n) is 5.34. The number of H-pyrrole nitrogens is 1. The number of aromatic amines is 1. The third-order valence-corrected chi connectivity index (χ3v) is 7.42. The highest BCUT2D eigenvalue weighted by Gasteiger charge is 2.53. The van der Waals surface area contributed by atoms with E-state index in [0.717, 1.165) is 11.1 Å². The van der Waals surface area contributed by atoms with Gasteiger partial charge in [-0.25, -0.2) is 4.79 Å². The summed E-state index contributed by atoms with van der Waals surface area (Å²) in [5, 5.41) is 15.6. The van der Waals surface area contributed by atoms with E-state index in [2.05, 4.69) is 20.6 Å². The van der Waals surface area contributed by atoms with Crippen molar-refractivity contribution in [1.29, 1.82) is 0 Å². The van der Waals surface area contributed by atoms with Gasteiger partial charge in [0.15, 0.2) is 5.82 Å². The fraction of sp³-hybridized carbons (Fsp3) is 0.464. The van der Waals surface area contributed by atoms with Gasteiger partial charge >= 0.3 is 5.97 Å². The number of halogens is 2. The molecule has 0 aliphatic carbocycles. The van der Waals surface area contributed by atoms with Crippen molar-refractivity contribution < 1.29 is 14.3 Å². The second-order valence-electron chi connectivity index (χ2n) is 11.1. The van der Waals surface area contributed by atoms with E-state index >= 15 is 0 Å². The maximum atomic E-state index is 14.5. The largest absolute Gasteiger partial charge is 0.458 e. The van der Waals surface area contributed by atoms with E-state index in [-0.39, 0.29) is 18.2 Å². The average molecular weight is 559 g/mol. The predicted molar refractivity (Wildman–Crippen MR) is 146 cm³/mol. The zero-order valence-corrected chi connectivity index (χ0v) is 23.8. The van der Waals surface area contributed by atoms with Crippen LogP contribution in [0.4, 0.5) is 0 Å². The minimum absolute atomic E-state index is 0.168. The number of ether oxygens (including phenoxy) is 1. The number of nitrogens with one attached hydrogen (secondary N) is 1. The molecule has 1 aromatic heterocycles. The van der Waals surface area contributed by atoms with Crippen LogP contribution in [0.25, 0.3) is 0 Å². The van der Waals surface area contributed by atoms with E-state index in [9.17, 15) is 9.59 Å². The number of piperidine rings is 1. The van der Waals surface area contributed by atoms with Crippen molar-refractivity contribution in [1.82, 2.24) is 25.5 Å². The average Bonchev–Trinajstić information content (AvgIpc) is 3.34. The second kappa shape index (κ2) is 11.0. The molecule has 1 fully saturated rings. The SMILES string of the molecule is CCC(C(=O)OC(C)(C)C)N1C(=O)C(C)(Cc2nn[nH]n2)CC(c2cccc(Cl)c2)C1c1ccc(Cl)cc1. The lowest BCUT2D eigenvalue weighted by molar-refractivity contribution is -0.173. The molecule has 0 bridgehead atoms. The first-order valence-corrected chi connectivity index (χ1v) is 13.5. The van der Waals surface area contributed by atoms with Gasteiger partial charge in [-0.2, -0.15) is 5.21 Å². The first-order valence-electron chi connectivity index (χ1n) is 12.7. The smallest absolute Gasteiger partial charge is 0.329 e. The van der Waals surface area contributed by atoms with Crippen molar-refractivity contribution in [3.8, 4) is 0 Å². The van der Waals surface area contributed by atoms with Gasteiger partial charge in [-0.05, 0) is 69.0 Å². The Hall–Kier alpha value is -2.97. The Bertz CT molecular complexity index is 1280. The van der Waals surface area contributed by atoms with Gasteiger partial charge in [-0.15, -0.1) is 10.2 Å². The Kier molecular flexibility index (Phi) is 8.14. The molecule has 1 amide bonds. The van der Waals surface area contributed by atoms with E-state index in [1.807, 2.05) is 71.0 Å². The van der Waals surface area contributed by atoms with Gasteiger partial charge in [0.2, 0.25) is 5.91 Å². The number of hydrogen-bond donors (Lipinski definition) is 1. The van der Waals surface area contributed by atoms with E-state index in [1.54, 1.807) is 17.0 Å². The highest BCUT2D eigenvalue weighted by molar-refractivity contribution is 6.30. The van der Waals surface area contributed by atoms with E-state index in [0.29, 0.717) is 28.7 Å². The van der Waals surface area contributed by atoms with Crippen LogP contribution in [0.1, 0.15) is 76.4 Å². The van der Waals surface area contributed by atoms with Gasteiger partial charge in [0.05, 0.1) is 11.5 Å². The van der Waals surface area contributed by atoms with Crippen LogP contribution in [0.2, 0.25) is 10.0 Å². The number of benzene rings is 2. The molecule has 1 aliphatic heterocycles. The second-order valence-corrected chi connectivity index (χ2v) is 12.0. The molecular formula is C28H33Cl2N5O3. The number of carbonyl (C=O) groups is 2. The molecule has 2 aromatic carbocycles. The molecule has 1 N–H and O–H groups in total. The van der Waals surface area contributed by atoms with Crippen LogP contribution in [0.3, 0.4) is 0 Å². The van der Waals surface area contributed by atoms with Crippen LogP contribution < -0.4 is 0 Å². The minimum atomic E-state index is -0.921. The number of nitrogens with zero attached hydrogens (tertiary/aromatic N) is 4. The Morgan fingerprint density at radius 3 is 2.45 bits per heavy atom. The lowest BCUT2D eigenvalue weighted by atomic mass is 9.67. The maximum absolute atomic E-state index is 14.5. The van der Waals surface area contributed by atoms with Crippen LogP contribution >= 0.6 is 23.2 Å². The quantitative estimate of drug-likeness (QED) is 0.361. The number of amides is 1. The standard InChI is InChI=1S/C28H33Cl2N5O3/c1-6-22(25(36)38-27(2,3)4)35-24(17-10-12-19(29)13-11-17)21(18-8-7-9-20(30)14-18)15-28(5,26(35)37)16-23-31-33-34-32-23/h7-14,21-22,24H,6,15-16H2,1-5H3,(H,31,32,33,34). The molecule has 1 aliphatic rings. The first kappa shape index (κ1) is 28.0. The fourth-order valence-corrected chi connectivity index (χ4v) is 5.67. The summed E-state index contributed by atoms with van der Waals surface area (Å²) in [6.07, 6.45) is 1.12. The molecule has 10 heteroatoms. The number of esters is 1. The van der Waals surface area contributed by atoms with Gasteiger partial charge in [0.1, 0.15) is 11.6 Å². The van der Waals surface area contributed by atoms with Crippen LogP contribution in [-0.4, -0.2) is 49.0 Å². The maximum Gasteiger partial charge on any atom is 0.329 e. The topological polar surface area (TPSA) is 101 Å². The van der Waals surface area contributed by atoms with Gasteiger partial charge < -0.3 is 9.64 Å². The van der Waals surface area contributed by atoms with Crippen molar-refractivity contribution in [2.24, 2.45) is 5.41 Å². The summed E-state index contributed by atoms with van der Waals surface area (Å²) in [6.45, 7) is 9.25. The number of rotatable bonds is 7. The van der Waals surface area contributed by atoms with E-state index in [4.69, 9.17) is 27.9 Å².